The van der Waals surface area contributed by atoms with Gasteiger partial charge in [0.1, 0.15) is 0 Å². The summed E-state index contributed by atoms with van der Waals surface area (Å²) in [6.07, 6.45) is 4.14. The van der Waals surface area contributed by atoms with Gasteiger partial charge in [0, 0.05) is 32.2 Å². The summed E-state index contributed by atoms with van der Waals surface area (Å²) in [5.41, 5.74) is 1.16. The van der Waals surface area contributed by atoms with Crippen LogP contribution in [0.1, 0.15) is 38.7 Å². The molecule has 3 rings (SSSR count). The Balaban J connectivity index is 1.58. The normalized spacial score (nSPS) is 20.7. The first-order valence-corrected chi connectivity index (χ1v) is 11.0. The van der Waals surface area contributed by atoms with Crippen molar-refractivity contribution in [3.05, 3.63) is 29.8 Å². The molecule has 1 atom stereocenters. The highest BCUT2D eigenvalue weighted by Crippen LogP contribution is 2.21. The second-order valence-electron chi connectivity index (χ2n) is 7.29. The Kier molecular flexibility index (Phi) is 5.99. The van der Waals surface area contributed by atoms with Crippen molar-refractivity contribution in [1.82, 2.24) is 14.5 Å². The van der Waals surface area contributed by atoms with Crippen LogP contribution in [0.25, 0.3) is 0 Å². The SMILES string of the molecule is CCCc1ccc(S(=O)(=O)N2CCN(C(C)C(=O)NC3CC3)CC2)cc1. The monoisotopic (exact) mass is 379 g/mol. The first-order valence-electron chi connectivity index (χ1n) is 9.55. The fourth-order valence-corrected chi connectivity index (χ4v) is 4.73. The van der Waals surface area contributed by atoms with E-state index < -0.39 is 10.0 Å². The molecule has 2 aliphatic rings. The van der Waals surface area contributed by atoms with E-state index in [4.69, 9.17) is 0 Å². The topological polar surface area (TPSA) is 69.7 Å². The predicted octanol–water partition coefficient (Wildman–Crippen LogP) is 1.61. The van der Waals surface area contributed by atoms with Gasteiger partial charge < -0.3 is 5.32 Å². The van der Waals surface area contributed by atoms with Crippen LogP contribution in [0.15, 0.2) is 29.2 Å². The van der Waals surface area contributed by atoms with Crippen molar-refractivity contribution in [2.75, 3.05) is 26.2 Å². The Labute approximate surface area is 156 Å². The maximum atomic E-state index is 12.8. The van der Waals surface area contributed by atoms with Gasteiger partial charge in [-0.1, -0.05) is 25.5 Å². The van der Waals surface area contributed by atoms with Crippen molar-refractivity contribution in [1.29, 1.82) is 0 Å². The third kappa shape index (κ3) is 4.45. The molecule has 7 heteroatoms. The van der Waals surface area contributed by atoms with Gasteiger partial charge in [0.15, 0.2) is 0 Å². The molecule has 1 aliphatic heterocycles. The first-order chi connectivity index (χ1) is 12.4. The van der Waals surface area contributed by atoms with Crippen LogP contribution in [0.2, 0.25) is 0 Å². The van der Waals surface area contributed by atoms with E-state index in [2.05, 4.69) is 17.1 Å². The lowest BCUT2D eigenvalue weighted by Gasteiger charge is -2.36. The molecular formula is C19H29N3O3S. The van der Waals surface area contributed by atoms with Crippen LogP contribution in [0.3, 0.4) is 0 Å². The van der Waals surface area contributed by atoms with E-state index in [0.717, 1.165) is 31.2 Å². The van der Waals surface area contributed by atoms with E-state index in [1.165, 1.54) is 4.31 Å². The molecule has 1 heterocycles. The quantitative estimate of drug-likeness (QED) is 0.781. The standard InChI is InChI=1S/C19H29N3O3S/c1-3-4-16-5-9-18(10-6-16)26(24,25)22-13-11-21(12-14-22)15(2)19(23)20-17-7-8-17/h5-6,9-10,15,17H,3-4,7-8,11-14H2,1-2H3,(H,20,23). The zero-order chi connectivity index (χ0) is 18.7. The van der Waals surface area contributed by atoms with Gasteiger partial charge in [-0.25, -0.2) is 8.42 Å². The largest absolute Gasteiger partial charge is 0.352 e. The molecule has 26 heavy (non-hydrogen) atoms. The van der Waals surface area contributed by atoms with Gasteiger partial charge in [-0.3, -0.25) is 9.69 Å². The molecule has 0 spiro atoms. The number of nitrogens with zero attached hydrogens (tertiary/aromatic N) is 2. The van der Waals surface area contributed by atoms with Gasteiger partial charge in [-0.15, -0.1) is 0 Å². The van der Waals surface area contributed by atoms with E-state index in [1.807, 2.05) is 19.1 Å². The highest BCUT2D eigenvalue weighted by atomic mass is 32.2. The molecule has 2 fully saturated rings. The van der Waals surface area contributed by atoms with Crippen LogP contribution < -0.4 is 5.32 Å². The van der Waals surface area contributed by atoms with Crippen molar-refractivity contribution in [2.24, 2.45) is 0 Å². The molecule has 1 unspecified atom stereocenters. The van der Waals surface area contributed by atoms with Crippen molar-refractivity contribution >= 4 is 15.9 Å². The van der Waals surface area contributed by atoms with Crippen LogP contribution in [0, 0.1) is 0 Å². The Morgan fingerprint density at radius 2 is 1.77 bits per heavy atom. The molecule has 1 saturated heterocycles. The summed E-state index contributed by atoms with van der Waals surface area (Å²) < 4.78 is 27.2. The smallest absolute Gasteiger partial charge is 0.243 e. The first kappa shape index (κ1) is 19.3. The molecule has 1 amide bonds. The van der Waals surface area contributed by atoms with E-state index >= 15 is 0 Å². The highest BCUT2D eigenvalue weighted by molar-refractivity contribution is 7.89. The minimum absolute atomic E-state index is 0.0512. The highest BCUT2D eigenvalue weighted by Gasteiger charge is 2.33. The summed E-state index contributed by atoms with van der Waals surface area (Å²) in [6, 6.07) is 7.35. The lowest BCUT2D eigenvalue weighted by atomic mass is 10.1. The van der Waals surface area contributed by atoms with Gasteiger partial charge in [0.2, 0.25) is 15.9 Å². The number of hydrogen-bond donors (Lipinski definition) is 1. The molecule has 6 nitrogen and oxygen atoms in total. The van der Waals surface area contributed by atoms with E-state index in [-0.39, 0.29) is 11.9 Å². The molecule has 0 radical (unpaired) electrons. The predicted molar refractivity (Wildman–Crippen MR) is 101 cm³/mol. The van der Waals surface area contributed by atoms with Crippen LogP contribution >= 0.6 is 0 Å². The molecule has 1 saturated carbocycles. The summed E-state index contributed by atoms with van der Waals surface area (Å²) in [5.74, 6) is 0.0512. The fourth-order valence-electron chi connectivity index (χ4n) is 3.31. The van der Waals surface area contributed by atoms with Gasteiger partial charge >= 0.3 is 0 Å². The molecule has 1 aromatic carbocycles. The van der Waals surface area contributed by atoms with Crippen molar-refractivity contribution in [2.45, 2.75) is 56.5 Å². The van der Waals surface area contributed by atoms with Gasteiger partial charge in [-0.05, 0) is 43.9 Å². The maximum Gasteiger partial charge on any atom is 0.243 e. The molecule has 1 N–H and O–H groups in total. The Bertz CT molecular complexity index is 721. The van der Waals surface area contributed by atoms with Crippen LogP contribution in [-0.2, 0) is 21.2 Å². The number of benzene rings is 1. The zero-order valence-corrected chi connectivity index (χ0v) is 16.5. The van der Waals surface area contributed by atoms with Gasteiger partial charge in [0.05, 0.1) is 10.9 Å². The van der Waals surface area contributed by atoms with Crippen LogP contribution in [-0.4, -0.2) is 61.8 Å². The summed E-state index contributed by atoms with van der Waals surface area (Å²) in [5, 5.41) is 3.02. The van der Waals surface area contributed by atoms with Crippen molar-refractivity contribution in [3.63, 3.8) is 0 Å². The second kappa shape index (κ2) is 8.06. The van der Waals surface area contributed by atoms with E-state index in [0.29, 0.717) is 37.1 Å². The third-order valence-corrected chi connectivity index (χ3v) is 7.14. The number of piperazine rings is 1. The molecule has 0 bridgehead atoms. The number of carbonyl (C=O) groups is 1. The van der Waals surface area contributed by atoms with Crippen LogP contribution in [0.4, 0.5) is 0 Å². The molecule has 144 valence electrons. The van der Waals surface area contributed by atoms with E-state index in [1.54, 1.807) is 12.1 Å². The van der Waals surface area contributed by atoms with Gasteiger partial charge in [-0.2, -0.15) is 4.31 Å². The van der Waals surface area contributed by atoms with E-state index in [9.17, 15) is 13.2 Å². The minimum Gasteiger partial charge on any atom is -0.352 e. The van der Waals surface area contributed by atoms with Crippen LogP contribution in [0.5, 0.6) is 0 Å². The number of sulfonamides is 1. The lowest BCUT2D eigenvalue weighted by Crippen LogP contribution is -2.55. The summed E-state index contributed by atoms with van der Waals surface area (Å²) >= 11 is 0. The summed E-state index contributed by atoms with van der Waals surface area (Å²) in [7, 11) is -3.47. The number of nitrogens with one attached hydrogen (secondary N) is 1. The summed E-state index contributed by atoms with van der Waals surface area (Å²) in [4.78, 5) is 14.6. The number of carbonyl (C=O) groups excluding carboxylic acids is 1. The average molecular weight is 380 g/mol. The number of hydrogen-bond acceptors (Lipinski definition) is 4. The summed E-state index contributed by atoms with van der Waals surface area (Å²) in [6.45, 7) is 5.99. The Morgan fingerprint density at radius 3 is 2.31 bits per heavy atom. The Hall–Kier alpha value is -1.44. The zero-order valence-electron chi connectivity index (χ0n) is 15.6. The third-order valence-electron chi connectivity index (χ3n) is 5.22. The number of amides is 1. The molecule has 1 aromatic rings. The average Bonchev–Trinajstić information content (AvgIpc) is 3.46. The molecular weight excluding hydrogens is 350 g/mol. The molecule has 1 aliphatic carbocycles. The van der Waals surface area contributed by atoms with Crippen molar-refractivity contribution < 1.29 is 13.2 Å². The Morgan fingerprint density at radius 1 is 1.15 bits per heavy atom. The van der Waals surface area contributed by atoms with Crippen molar-refractivity contribution in [3.8, 4) is 0 Å². The number of aryl methyl sites for hydroxylation is 1. The van der Waals surface area contributed by atoms with Gasteiger partial charge in [0.25, 0.3) is 0 Å². The molecule has 0 aromatic heterocycles. The minimum atomic E-state index is -3.47. The maximum absolute atomic E-state index is 12.8. The second-order valence-corrected chi connectivity index (χ2v) is 9.23. The lowest BCUT2D eigenvalue weighted by molar-refractivity contribution is -0.126. The number of rotatable bonds is 7. The fraction of sp³-hybridized carbons (Fsp3) is 0.632.